The van der Waals surface area contributed by atoms with Gasteiger partial charge in [0.25, 0.3) is 5.91 Å². The van der Waals surface area contributed by atoms with E-state index in [9.17, 15) is 22.8 Å². The van der Waals surface area contributed by atoms with Crippen molar-refractivity contribution in [3.05, 3.63) is 57.5 Å². The van der Waals surface area contributed by atoms with Crippen LogP contribution in [0.3, 0.4) is 0 Å². The largest absolute Gasteiger partial charge is 0.418 e. The number of hydrogen-bond acceptors (Lipinski definition) is 4. The van der Waals surface area contributed by atoms with Crippen LogP contribution >= 0.6 is 0 Å². The fraction of sp³-hybridized carbons (Fsp3) is 0.312. The average Bonchev–Trinajstić information content (AvgIpc) is 2.54. The lowest BCUT2D eigenvalue weighted by Gasteiger charge is -2.16. The highest BCUT2D eigenvalue weighted by molar-refractivity contribution is 5.92. The minimum atomic E-state index is -4.60. The highest BCUT2D eigenvalue weighted by Crippen LogP contribution is 2.33. The molecule has 9 heteroatoms. The highest BCUT2D eigenvalue weighted by Gasteiger charge is 2.34. The lowest BCUT2D eigenvalue weighted by Crippen LogP contribution is -2.34. The molecule has 1 aromatic carbocycles. The van der Waals surface area contributed by atoms with E-state index in [1.54, 1.807) is 0 Å². The number of para-hydroxylation sites is 1. The van der Waals surface area contributed by atoms with E-state index >= 15 is 0 Å². The number of hydrogen-bond donors (Lipinski definition) is 1. The summed E-state index contributed by atoms with van der Waals surface area (Å²) in [6.07, 6.45) is -4.60. The second-order valence-electron chi connectivity index (χ2n) is 5.17. The number of nitrogens with zero attached hydrogens (tertiary/aromatic N) is 2. The summed E-state index contributed by atoms with van der Waals surface area (Å²) in [6.45, 7) is 1.81. The summed E-state index contributed by atoms with van der Waals surface area (Å²) in [7, 11) is 1.44. The number of nitrogens with one attached hydrogen (secondary N) is 1. The van der Waals surface area contributed by atoms with Gasteiger partial charge >= 0.3 is 6.18 Å². The standard InChI is InChI=1S/C16H16F3N3O3/c1-10-9-13(23)14(15(24)20-7-8-25-2)21-22(10)12-6-4-3-5-11(12)16(17,18)19/h3-6,9H,7-8H2,1-2H3,(H,20,24). The Morgan fingerprint density at radius 3 is 2.64 bits per heavy atom. The van der Waals surface area contributed by atoms with Gasteiger partial charge in [0.05, 0.1) is 17.9 Å². The molecular weight excluding hydrogens is 339 g/mol. The van der Waals surface area contributed by atoms with Crippen LogP contribution in [0, 0.1) is 6.92 Å². The molecule has 6 nitrogen and oxygen atoms in total. The Morgan fingerprint density at radius 1 is 1.32 bits per heavy atom. The van der Waals surface area contributed by atoms with Gasteiger partial charge in [-0.25, -0.2) is 4.68 Å². The molecule has 2 aromatic rings. The first kappa shape index (κ1) is 18.7. The maximum Gasteiger partial charge on any atom is 0.418 e. The van der Waals surface area contributed by atoms with Gasteiger partial charge in [-0.1, -0.05) is 12.1 Å². The molecule has 0 unspecified atom stereocenters. The summed E-state index contributed by atoms with van der Waals surface area (Å²) in [5.74, 6) is -0.778. The zero-order valence-electron chi connectivity index (χ0n) is 13.6. The molecule has 0 radical (unpaired) electrons. The minimum absolute atomic E-state index is 0.142. The van der Waals surface area contributed by atoms with Crippen molar-refractivity contribution in [1.82, 2.24) is 15.1 Å². The zero-order chi connectivity index (χ0) is 18.6. The summed E-state index contributed by atoms with van der Waals surface area (Å²) >= 11 is 0. The fourth-order valence-corrected chi connectivity index (χ4v) is 2.20. The summed E-state index contributed by atoms with van der Waals surface area (Å²) < 4.78 is 45.4. The first-order valence-corrected chi connectivity index (χ1v) is 7.30. The Labute approximate surface area is 141 Å². The molecule has 0 aliphatic heterocycles. The maximum atomic E-state index is 13.2. The van der Waals surface area contributed by atoms with Crippen LogP contribution in [-0.4, -0.2) is 35.9 Å². The first-order valence-electron chi connectivity index (χ1n) is 7.30. The van der Waals surface area contributed by atoms with Crippen molar-refractivity contribution in [3.63, 3.8) is 0 Å². The topological polar surface area (TPSA) is 73.2 Å². The summed E-state index contributed by atoms with van der Waals surface area (Å²) in [5, 5.41) is 6.27. The zero-order valence-corrected chi connectivity index (χ0v) is 13.6. The Kier molecular flexibility index (Phi) is 5.58. The Morgan fingerprint density at radius 2 is 2.00 bits per heavy atom. The van der Waals surface area contributed by atoms with E-state index in [1.807, 2.05) is 0 Å². The molecule has 1 heterocycles. The number of rotatable bonds is 5. The van der Waals surface area contributed by atoms with Crippen molar-refractivity contribution in [2.45, 2.75) is 13.1 Å². The molecule has 1 aromatic heterocycles. The molecule has 0 saturated carbocycles. The third kappa shape index (κ3) is 4.24. The summed E-state index contributed by atoms with van der Waals surface area (Å²) in [6, 6.07) is 5.88. The Balaban J connectivity index is 2.52. The number of carbonyl (C=O) groups is 1. The van der Waals surface area contributed by atoms with Crippen molar-refractivity contribution in [1.29, 1.82) is 0 Å². The van der Waals surface area contributed by atoms with Gasteiger partial charge in [-0.15, -0.1) is 0 Å². The fourth-order valence-electron chi connectivity index (χ4n) is 2.20. The molecule has 0 bridgehead atoms. The van der Waals surface area contributed by atoms with Crippen molar-refractivity contribution in [2.24, 2.45) is 0 Å². The number of aryl methyl sites for hydroxylation is 1. The quantitative estimate of drug-likeness (QED) is 0.832. The lowest BCUT2D eigenvalue weighted by molar-refractivity contribution is -0.137. The van der Waals surface area contributed by atoms with Crippen LogP contribution in [-0.2, 0) is 10.9 Å². The Hall–Kier alpha value is -2.68. The van der Waals surface area contributed by atoms with E-state index in [-0.39, 0.29) is 24.5 Å². The molecule has 134 valence electrons. The molecule has 1 amide bonds. The van der Waals surface area contributed by atoms with Crippen molar-refractivity contribution < 1.29 is 22.7 Å². The summed E-state index contributed by atoms with van der Waals surface area (Å²) in [5.41, 5.74) is -2.17. The van der Waals surface area contributed by atoms with Crippen LogP contribution in [0.1, 0.15) is 21.7 Å². The van der Waals surface area contributed by atoms with E-state index in [0.717, 1.165) is 16.8 Å². The third-order valence-electron chi connectivity index (χ3n) is 3.35. The van der Waals surface area contributed by atoms with Gasteiger partial charge in [0, 0.05) is 25.4 Å². The van der Waals surface area contributed by atoms with Gasteiger partial charge in [-0.05, 0) is 19.1 Å². The normalized spacial score (nSPS) is 11.4. The average molecular weight is 355 g/mol. The van der Waals surface area contributed by atoms with Gasteiger partial charge in [0.1, 0.15) is 0 Å². The van der Waals surface area contributed by atoms with Crippen molar-refractivity contribution in [2.75, 3.05) is 20.3 Å². The first-order chi connectivity index (χ1) is 11.8. The second kappa shape index (κ2) is 7.47. The molecule has 0 aliphatic rings. The maximum absolute atomic E-state index is 13.2. The lowest BCUT2D eigenvalue weighted by atomic mass is 10.1. The van der Waals surface area contributed by atoms with E-state index in [0.29, 0.717) is 0 Å². The van der Waals surface area contributed by atoms with E-state index < -0.39 is 28.8 Å². The monoisotopic (exact) mass is 355 g/mol. The van der Waals surface area contributed by atoms with Crippen molar-refractivity contribution >= 4 is 5.91 Å². The molecule has 2 rings (SSSR count). The smallest absolute Gasteiger partial charge is 0.383 e. The number of halogens is 3. The molecular formula is C16H16F3N3O3. The molecule has 0 saturated heterocycles. The van der Waals surface area contributed by atoms with Gasteiger partial charge in [0.15, 0.2) is 5.69 Å². The van der Waals surface area contributed by atoms with Crippen LogP contribution in [0.2, 0.25) is 0 Å². The van der Waals surface area contributed by atoms with E-state index in [4.69, 9.17) is 4.74 Å². The molecule has 25 heavy (non-hydrogen) atoms. The number of benzene rings is 1. The third-order valence-corrected chi connectivity index (χ3v) is 3.35. The van der Waals surface area contributed by atoms with Crippen LogP contribution in [0.5, 0.6) is 0 Å². The molecule has 0 atom stereocenters. The van der Waals surface area contributed by atoms with Crippen LogP contribution in [0.15, 0.2) is 35.1 Å². The van der Waals surface area contributed by atoms with Crippen molar-refractivity contribution in [3.8, 4) is 5.69 Å². The predicted octanol–water partition coefficient (Wildman–Crippen LogP) is 1.94. The van der Waals surface area contributed by atoms with E-state index in [2.05, 4.69) is 10.4 Å². The van der Waals surface area contributed by atoms with Gasteiger partial charge in [-0.2, -0.15) is 18.3 Å². The molecule has 0 fully saturated rings. The number of carbonyl (C=O) groups excluding carboxylic acids is 1. The number of alkyl halides is 3. The molecule has 0 aliphatic carbocycles. The number of ether oxygens (including phenoxy) is 1. The number of methoxy groups -OCH3 is 1. The molecule has 1 N–H and O–H groups in total. The highest BCUT2D eigenvalue weighted by atomic mass is 19.4. The van der Waals surface area contributed by atoms with Crippen LogP contribution < -0.4 is 10.7 Å². The molecule has 0 spiro atoms. The van der Waals surface area contributed by atoms with Gasteiger partial charge in [-0.3, -0.25) is 9.59 Å². The SMILES string of the molecule is COCCNC(=O)c1nn(-c2ccccc2C(F)(F)F)c(C)cc1=O. The van der Waals surface area contributed by atoms with Crippen LogP contribution in [0.4, 0.5) is 13.2 Å². The van der Waals surface area contributed by atoms with E-state index in [1.165, 1.54) is 32.2 Å². The predicted molar refractivity (Wildman–Crippen MR) is 83.8 cm³/mol. The van der Waals surface area contributed by atoms with Gasteiger partial charge < -0.3 is 10.1 Å². The minimum Gasteiger partial charge on any atom is -0.383 e. The number of aromatic nitrogens is 2. The van der Waals surface area contributed by atoms with Gasteiger partial charge in [0.2, 0.25) is 5.43 Å². The Bertz CT molecular complexity index is 831. The van der Waals surface area contributed by atoms with Crippen LogP contribution in [0.25, 0.3) is 5.69 Å². The summed E-state index contributed by atoms with van der Waals surface area (Å²) in [4.78, 5) is 24.0. The number of amides is 1. The second-order valence-corrected chi connectivity index (χ2v) is 5.17.